The van der Waals surface area contributed by atoms with E-state index in [-0.39, 0.29) is 0 Å². The molecule has 0 aliphatic heterocycles. The lowest BCUT2D eigenvalue weighted by atomic mass is 10.1. The third kappa shape index (κ3) is 3.03. The lowest BCUT2D eigenvalue weighted by Gasteiger charge is -2.18. The van der Waals surface area contributed by atoms with Crippen molar-refractivity contribution >= 4 is 16.6 Å². The molecule has 0 radical (unpaired) electrons. The van der Waals surface area contributed by atoms with Gasteiger partial charge in [-0.15, -0.1) is 0 Å². The molecule has 0 bridgehead atoms. The Morgan fingerprint density at radius 3 is 2.48 bits per heavy atom. The smallest absolute Gasteiger partial charge is 0.0746 e. The largest absolute Gasteiger partial charge is 0.398 e. The van der Waals surface area contributed by atoms with Gasteiger partial charge in [0.1, 0.15) is 0 Å². The summed E-state index contributed by atoms with van der Waals surface area (Å²) in [5.74, 6) is 0. The quantitative estimate of drug-likeness (QED) is 0.743. The van der Waals surface area contributed by atoms with Gasteiger partial charge in [-0.05, 0) is 30.3 Å². The van der Waals surface area contributed by atoms with Crippen LogP contribution in [0.5, 0.6) is 0 Å². The van der Waals surface area contributed by atoms with E-state index in [4.69, 9.17) is 5.73 Å². The Hall–Kier alpha value is -2.39. The van der Waals surface area contributed by atoms with Crippen molar-refractivity contribution in [2.75, 3.05) is 12.8 Å². The molecule has 0 aliphatic rings. The van der Waals surface area contributed by atoms with Gasteiger partial charge in [0.05, 0.1) is 5.52 Å². The number of nitrogen functional groups attached to an aromatic ring is 1. The second-order valence-corrected chi connectivity index (χ2v) is 5.36. The first-order valence-corrected chi connectivity index (χ1v) is 7.08. The Morgan fingerprint density at radius 2 is 1.62 bits per heavy atom. The van der Waals surface area contributed by atoms with Crippen LogP contribution in [-0.4, -0.2) is 16.9 Å². The van der Waals surface area contributed by atoms with Crippen LogP contribution < -0.4 is 5.73 Å². The number of nitrogens with two attached hydrogens (primary N) is 1. The lowest BCUT2D eigenvalue weighted by molar-refractivity contribution is 0.320. The van der Waals surface area contributed by atoms with Crippen LogP contribution in [-0.2, 0) is 13.1 Å². The van der Waals surface area contributed by atoms with E-state index in [2.05, 4.69) is 47.3 Å². The average molecular weight is 277 g/mol. The van der Waals surface area contributed by atoms with Crippen molar-refractivity contribution in [3.8, 4) is 0 Å². The first-order chi connectivity index (χ1) is 10.2. The highest BCUT2D eigenvalue weighted by Crippen LogP contribution is 2.19. The number of hydrogen-bond acceptors (Lipinski definition) is 3. The van der Waals surface area contributed by atoms with Crippen LogP contribution >= 0.6 is 0 Å². The van der Waals surface area contributed by atoms with Crippen molar-refractivity contribution in [1.82, 2.24) is 9.88 Å². The maximum Gasteiger partial charge on any atom is 0.0746 e. The van der Waals surface area contributed by atoms with Crippen LogP contribution in [0, 0.1) is 0 Å². The number of para-hydroxylation sites is 2. The van der Waals surface area contributed by atoms with Crippen molar-refractivity contribution in [1.29, 1.82) is 0 Å². The summed E-state index contributed by atoms with van der Waals surface area (Å²) in [6, 6.07) is 18.4. The third-order valence-corrected chi connectivity index (χ3v) is 3.65. The van der Waals surface area contributed by atoms with Gasteiger partial charge in [-0.25, -0.2) is 0 Å². The van der Waals surface area contributed by atoms with Crippen LogP contribution in [0.3, 0.4) is 0 Å². The number of anilines is 1. The maximum absolute atomic E-state index is 6.01. The van der Waals surface area contributed by atoms with Crippen LogP contribution in [0.2, 0.25) is 0 Å². The van der Waals surface area contributed by atoms with Gasteiger partial charge in [-0.2, -0.15) is 0 Å². The molecular weight excluding hydrogens is 258 g/mol. The number of hydrogen-bond donors (Lipinski definition) is 1. The van der Waals surface area contributed by atoms with E-state index in [0.29, 0.717) is 0 Å². The van der Waals surface area contributed by atoms with Crippen LogP contribution in [0.1, 0.15) is 11.1 Å². The van der Waals surface area contributed by atoms with Gasteiger partial charge in [-0.3, -0.25) is 9.88 Å². The van der Waals surface area contributed by atoms with Gasteiger partial charge < -0.3 is 5.73 Å². The zero-order valence-electron chi connectivity index (χ0n) is 12.2. The molecule has 3 nitrogen and oxygen atoms in total. The van der Waals surface area contributed by atoms with E-state index in [1.165, 1.54) is 10.9 Å². The Morgan fingerprint density at radius 1 is 0.905 bits per heavy atom. The van der Waals surface area contributed by atoms with E-state index < -0.39 is 0 Å². The predicted molar refractivity (Wildman–Crippen MR) is 87.8 cm³/mol. The minimum atomic E-state index is 0.829. The van der Waals surface area contributed by atoms with Crippen LogP contribution in [0.15, 0.2) is 60.8 Å². The normalized spacial score (nSPS) is 11.1. The number of nitrogens with zero attached hydrogens (tertiary/aromatic N) is 2. The summed E-state index contributed by atoms with van der Waals surface area (Å²) in [4.78, 5) is 6.77. The van der Waals surface area contributed by atoms with E-state index >= 15 is 0 Å². The molecule has 0 spiro atoms. The topological polar surface area (TPSA) is 42.1 Å². The highest BCUT2D eigenvalue weighted by molar-refractivity contribution is 5.81. The predicted octanol–water partition coefficient (Wildman–Crippen LogP) is 3.45. The molecule has 0 atom stereocenters. The van der Waals surface area contributed by atoms with Gasteiger partial charge in [0.2, 0.25) is 0 Å². The molecule has 2 N–H and O–H groups in total. The van der Waals surface area contributed by atoms with Crippen molar-refractivity contribution in [2.45, 2.75) is 13.1 Å². The minimum Gasteiger partial charge on any atom is -0.398 e. The molecule has 21 heavy (non-hydrogen) atoms. The van der Waals surface area contributed by atoms with Gasteiger partial charge in [0.25, 0.3) is 0 Å². The zero-order valence-corrected chi connectivity index (χ0v) is 12.2. The second kappa shape index (κ2) is 5.94. The monoisotopic (exact) mass is 277 g/mol. The highest BCUT2D eigenvalue weighted by Gasteiger charge is 2.07. The first-order valence-electron chi connectivity index (χ1n) is 7.08. The number of rotatable bonds is 4. The molecule has 0 aliphatic carbocycles. The molecule has 3 aromatic rings. The summed E-state index contributed by atoms with van der Waals surface area (Å²) >= 11 is 0. The summed E-state index contributed by atoms with van der Waals surface area (Å²) < 4.78 is 0. The summed E-state index contributed by atoms with van der Waals surface area (Å²) in [6.07, 6.45) is 1.85. The fraction of sp³-hybridized carbons (Fsp3) is 0.167. The molecule has 1 heterocycles. The molecular formula is C18H19N3. The van der Waals surface area contributed by atoms with E-state index in [1.54, 1.807) is 0 Å². The fourth-order valence-corrected chi connectivity index (χ4v) is 2.61. The number of fused-ring (bicyclic) bond motifs is 1. The molecule has 3 rings (SSSR count). The molecule has 0 unspecified atom stereocenters. The van der Waals surface area contributed by atoms with Gasteiger partial charge >= 0.3 is 0 Å². The summed E-state index contributed by atoms with van der Waals surface area (Å²) in [5.41, 5.74) is 10.3. The number of benzene rings is 2. The minimum absolute atomic E-state index is 0.829. The molecule has 0 amide bonds. The molecule has 2 aromatic carbocycles. The number of pyridine rings is 1. The molecule has 3 heteroatoms. The Labute approximate surface area is 125 Å². The Balaban J connectivity index is 1.81. The van der Waals surface area contributed by atoms with Gasteiger partial charge in [0, 0.05) is 30.4 Å². The van der Waals surface area contributed by atoms with E-state index in [9.17, 15) is 0 Å². The van der Waals surface area contributed by atoms with Gasteiger partial charge in [0.15, 0.2) is 0 Å². The first kappa shape index (κ1) is 13.6. The maximum atomic E-state index is 6.01. The fourth-order valence-electron chi connectivity index (χ4n) is 2.61. The summed E-state index contributed by atoms with van der Waals surface area (Å²) in [7, 11) is 2.11. The van der Waals surface area contributed by atoms with Crippen molar-refractivity contribution in [3.63, 3.8) is 0 Å². The highest BCUT2D eigenvalue weighted by atomic mass is 15.1. The number of aromatic nitrogens is 1. The molecule has 0 saturated carbocycles. The molecule has 106 valence electrons. The summed E-state index contributed by atoms with van der Waals surface area (Å²) in [5, 5.41) is 1.18. The van der Waals surface area contributed by atoms with E-state index in [1.807, 2.05) is 30.5 Å². The molecule has 0 saturated heterocycles. The van der Waals surface area contributed by atoms with Crippen molar-refractivity contribution in [3.05, 3.63) is 71.9 Å². The van der Waals surface area contributed by atoms with E-state index in [0.717, 1.165) is 29.9 Å². The molecule has 1 aromatic heterocycles. The van der Waals surface area contributed by atoms with Crippen LogP contribution in [0.25, 0.3) is 10.9 Å². The van der Waals surface area contributed by atoms with Crippen molar-refractivity contribution < 1.29 is 0 Å². The third-order valence-electron chi connectivity index (χ3n) is 3.65. The van der Waals surface area contributed by atoms with Crippen LogP contribution in [0.4, 0.5) is 5.69 Å². The molecule has 0 fully saturated rings. The SMILES string of the molecule is CN(Cc1ccccc1N)Cc1cccc2cccnc12. The Bertz CT molecular complexity index is 747. The van der Waals surface area contributed by atoms with Gasteiger partial charge in [-0.1, -0.05) is 42.5 Å². The zero-order chi connectivity index (χ0) is 14.7. The lowest BCUT2D eigenvalue weighted by Crippen LogP contribution is -2.18. The standard InChI is InChI=1S/C18H19N3/c1-21(12-15-6-2-3-10-17(15)19)13-16-8-4-7-14-9-5-11-20-18(14)16/h2-11H,12-13,19H2,1H3. The van der Waals surface area contributed by atoms with Crippen molar-refractivity contribution in [2.24, 2.45) is 0 Å². The second-order valence-electron chi connectivity index (χ2n) is 5.36. The average Bonchev–Trinajstić information content (AvgIpc) is 2.50. The summed E-state index contributed by atoms with van der Waals surface area (Å²) in [6.45, 7) is 1.68. The Kier molecular flexibility index (Phi) is 3.84.